The zero-order chi connectivity index (χ0) is 30.4. The SMILES string of the molecule is CC1(C)c2ccccc2-c2ccccc2C1(c1ccccc1)c1ccc(N(c2ccccc2)c2ccc3ccccc3c2)cc1. The number of fused-ring (bicyclic) bond motifs is 4. The Labute approximate surface area is 266 Å². The van der Waals surface area contributed by atoms with Crippen molar-refractivity contribution in [2.45, 2.75) is 24.7 Å². The van der Waals surface area contributed by atoms with Crippen molar-refractivity contribution < 1.29 is 0 Å². The summed E-state index contributed by atoms with van der Waals surface area (Å²) >= 11 is 0. The van der Waals surface area contributed by atoms with Crippen LogP contribution in [-0.2, 0) is 10.8 Å². The van der Waals surface area contributed by atoms with E-state index < -0.39 is 5.41 Å². The number of hydrogen-bond donors (Lipinski definition) is 0. The molecule has 8 rings (SSSR count). The van der Waals surface area contributed by atoms with E-state index in [4.69, 9.17) is 0 Å². The van der Waals surface area contributed by atoms with Gasteiger partial charge in [0, 0.05) is 22.5 Å². The Morgan fingerprint density at radius 2 is 0.867 bits per heavy atom. The third kappa shape index (κ3) is 4.15. The number of rotatable bonds is 5. The monoisotopic (exact) mass is 577 g/mol. The van der Waals surface area contributed by atoms with Gasteiger partial charge in [-0.05, 0) is 80.6 Å². The summed E-state index contributed by atoms with van der Waals surface area (Å²) in [5, 5.41) is 2.47. The van der Waals surface area contributed by atoms with Crippen LogP contribution in [0.5, 0.6) is 0 Å². The molecule has 1 aliphatic carbocycles. The normalized spacial score (nSPS) is 16.5. The van der Waals surface area contributed by atoms with E-state index in [0.717, 1.165) is 17.1 Å². The van der Waals surface area contributed by atoms with E-state index in [-0.39, 0.29) is 5.41 Å². The van der Waals surface area contributed by atoms with Gasteiger partial charge in [-0.15, -0.1) is 0 Å². The molecule has 1 nitrogen and oxygen atoms in total. The highest BCUT2D eigenvalue weighted by atomic mass is 15.1. The minimum absolute atomic E-state index is 0.238. The number of hydrogen-bond acceptors (Lipinski definition) is 1. The maximum Gasteiger partial charge on any atom is 0.0548 e. The zero-order valence-electron chi connectivity index (χ0n) is 25.7. The van der Waals surface area contributed by atoms with Crippen LogP contribution in [0.2, 0.25) is 0 Å². The van der Waals surface area contributed by atoms with Crippen molar-refractivity contribution in [2.24, 2.45) is 0 Å². The molecule has 0 bridgehead atoms. The van der Waals surface area contributed by atoms with Gasteiger partial charge < -0.3 is 4.90 Å². The molecule has 0 fully saturated rings. The number of para-hydroxylation sites is 1. The first-order valence-electron chi connectivity index (χ1n) is 15.8. The lowest BCUT2D eigenvalue weighted by Gasteiger charge is -2.53. The summed E-state index contributed by atoms with van der Waals surface area (Å²) in [6.45, 7) is 4.85. The summed E-state index contributed by atoms with van der Waals surface area (Å²) in [7, 11) is 0. The van der Waals surface area contributed by atoms with Gasteiger partial charge in [0.2, 0.25) is 0 Å². The molecule has 1 heteroatoms. The molecule has 216 valence electrons. The molecule has 0 N–H and O–H groups in total. The van der Waals surface area contributed by atoms with Gasteiger partial charge in [-0.1, -0.05) is 153 Å². The molecule has 0 radical (unpaired) electrons. The van der Waals surface area contributed by atoms with E-state index in [0.29, 0.717) is 0 Å². The first-order valence-corrected chi connectivity index (χ1v) is 15.8. The van der Waals surface area contributed by atoms with Gasteiger partial charge in [0.05, 0.1) is 5.41 Å². The van der Waals surface area contributed by atoms with E-state index in [1.54, 1.807) is 0 Å². The average Bonchev–Trinajstić information content (AvgIpc) is 3.10. The van der Waals surface area contributed by atoms with Crippen LogP contribution < -0.4 is 4.90 Å². The highest BCUT2D eigenvalue weighted by Gasteiger charge is 2.54. The van der Waals surface area contributed by atoms with Crippen LogP contribution in [0.1, 0.15) is 36.1 Å². The van der Waals surface area contributed by atoms with Crippen molar-refractivity contribution in [2.75, 3.05) is 4.90 Å². The maximum absolute atomic E-state index is 2.42. The summed E-state index contributed by atoms with van der Waals surface area (Å²) in [6, 6.07) is 64.4. The van der Waals surface area contributed by atoms with Gasteiger partial charge in [0.25, 0.3) is 0 Å². The quantitative estimate of drug-likeness (QED) is 0.197. The van der Waals surface area contributed by atoms with E-state index in [1.165, 1.54) is 44.2 Å². The Kier molecular flexibility index (Phi) is 6.43. The van der Waals surface area contributed by atoms with Crippen molar-refractivity contribution in [3.05, 3.63) is 198 Å². The van der Waals surface area contributed by atoms with Crippen LogP contribution in [0.4, 0.5) is 17.1 Å². The molecule has 0 saturated heterocycles. The van der Waals surface area contributed by atoms with E-state index in [9.17, 15) is 0 Å². The molecule has 45 heavy (non-hydrogen) atoms. The summed E-state index contributed by atoms with van der Waals surface area (Å²) in [4.78, 5) is 2.36. The average molecular weight is 578 g/mol. The Morgan fingerprint density at radius 3 is 1.58 bits per heavy atom. The summed E-state index contributed by atoms with van der Waals surface area (Å²) < 4.78 is 0. The fourth-order valence-corrected chi connectivity index (χ4v) is 7.93. The molecule has 0 spiro atoms. The molecule has 0 aromatic heterocycles. The third-order valence-electron chi connectivity index (χ3n) is 9.93. The summed E-state index contributed by atoms with van der Waals surface area (Å²) in [5.74, 6) is 0. The Bertz CT molecular complexity index is 2130. The Balaban J connectivity index is 1.35. The molecule has 0 heterocycles. The smallest absolute Gasteiger partial charge is 0.0548 e. The van der Waals surface area contributed by atoms with E-state index in [1.807, 2.05) is 0 Å². The predicted octanol–water partition coefficient (Wildman–Crippen LogP) is 11.6. The lowest BCUT2D eigenvalue weighted by atomic mass is 9.49. The largest absolute Gasteiger partial charge is 0.310 e. The van der Waals surface area contributed by atoms with Gasteiger partial charge >= 0.3 is 0 Å². The molecule has 7 aromatic carbocycles. The van der Waals surface area contributed by atoms with Gasteiger partial charge in [0.1, 0.15) is 0 Å². The second kappa shape index (κ2) is 10.6. The Hall–Kier alpha value is -5.40. The number of nitrogens with zero attached hydrogens (tertiary/aromatic N) is 1. The summed E-state index contributed by atoms with van der Waals surface area (Å²) in [5.41, 5.74) is 10.7. The highest BCUT2D eigenvalue weighted by Crippen LogP contribution is 2.60. The molecule has 0 saturated carbocycles. The van der Waals surface area contributed by atoms with Crippen LogP contribution in [-0.4, -0.2) is 0 Å². The van der Waals surface area contributed by atoms with Crippen molar-refractivity contribution in [3.8, 4) is 11.1 Å². The van der Waals surface area contributed by atoms with Gasteiger partial charge in [-0.3, -0.25) is 0 Å². The van der Waals surface area contributed by atoms with Crippen LogP contribution in [0.15, 0.2) is 176 Å². The number of anilines is 3. The standard InChI is InChI=1S/C44H35N/c1-43(2)41-23-13-11-21-39(41)40-22-12-14-24-42(40)44(43,34-17-5-3-6-18-34)35-26-29-37(30-27-35)45(36-19-7-4-8-20-36)38-28-25-32-15-9-10-16-33(32)31-38/h3-31H,1-2H3. The van der Waals surface area contributed by atoms with Crippen LogP contribution >= 0.6 is 0 Å². The van der Waals surface area contributed by atoms with E-state index in [2.05, 4.69) is 195 Å². The van der Waals surface area contributed by atoms with Crippen molar-refractivity contribution in [3.63, 3.8) is 0 Å². The second-order valence-electron chi connectivity index (χ2n) is 12.6. The maximum atomic E-state index is 2.42. The van der Waals surface area contributed by atoms with Crippen LogP contribution in [0.3, 0.4) is 0 Å². The lowest BCUT2D eigenvalue weighted by molar-refractivity contribution is 0.353. The number of benzene rings is 7. The van der Waals surface area contributed by atoms with Crippen molar-refractivity contribution in [1.29, 1.82) is 0 Å². The molecule has 1 unspecified atom stereocenters. The molecular weight excluding hydrogens is 542 g/mol. The van der Waals surface area contributed by atoms with E-state index >= 15 is 0 Å². The predicted molar refractivity (Wildman–Crippen MR) is 190 cm³/mol. The van der Waals surface area contributed by atoms with Crippen molar-refractivity contribution in [1.82, 2.24) is 0 Å². The third-order valence-corrected chi connectivity index (χ3v) is 9.93. The van der Waals surface area contributed by atoms with Crippen molar-refractivity contribution >= 4 is 27.8 Å². The molecule has 7 aromatic rings. The highest BCUT2D eigenvalue weighted by molar-refractivity contribution is 5.89. The first-order chi connectivity index (χ1) is 22.1. The molecule has 1 aliphatic rings. The fraction of sp³-hybridized carbons (Fsp3) is 0.0909. The molecule has 1 atom stereocenters. The minimum atomic E-state index is -0.405. The minimum Gasteiger partial charge on any atom is -0.310 e. The van der Waals surface area contributed by atoms with Gasteiger partial charge in [-0.2, -0.15) is 0 Å². The van der Waals surface area contributed by atoms with Crippen LogP contribution in [0.25, 0.3) is 21.9 Å². The summed E-state index contributed by atoms with van der Waals surface area (Å²) in [6.07, 6.45) is 0. The Morgan fingerprint density at radius 1 is 0.378 bits per heavy atom. The second-order valence-corrected chi connectivity index (χ2v) is 12.6. The molecule has 0 amide bonds. The molecular formula is C44H35N. The van der Waals surface area contributed by atoms with Crippen LogP contribution in [0, 0.1) is 0 Å². The molecule has 0 aliphatic heterocycles. The zero-order valence-corrected chi connectivity index (χ0v) is 25.7. The van der Waals surface area contributed by atoms with Gasteiger partial charge in [-0.25, -0.2) is 0 Å². The first kappa shape index (κ1) is 27.2. The lowest BCUT2D eigenvalue weighted by Crippen LogP contribution is -2.49. The topological polar surface area (TPSA) is 3.24 Å². The van der Waals surface area contributed by atoms with Gasteiger partial charge in [0.15, 0.2) is 0 Å². The fourth-order valence-electron chi connectivity index (χ4n) is 7.93.